The number of hydrogen-bond donors (Lipinski definition) is 4. The number of rotatable bonds is 6. The second kappa shape index (κ2) is 6.82. The lowest BCUT2D eigenvalue weighted by molar-refractivity contribution is 0.967. The molecule has 2 aromatic heterocycles. The minimum Gasteiger partial charge on any atom is -0.399 e. The minimum absolute atomic E-state index is 0.453. The summed E-state index contributed by atoms with van der Waals surface area (Å²) in [5.74, 6) is 1.04. The fourth-order valence-corrected chi connectivity index (χ4v) is 2.08. The number of H-pyrrole nitrogens is 1. The second-order valence-corrected chi connectivity index (χ2v) is 5.00. The number of nitrogens with one attached hydrogen (secondary N) is 3. The molecule has 0 saturated heterocycles. The topological polar surface area (TPSA) is 105 Å². The van der Waals surface area contributed by atoms with E-state index in [9.17, 15) is 0 Å². The smallest absolute Gasteiger partial charge is 0.229 e. The summed E-state index contributed by atoms with van der Waals surface area (Å²) in [4.78, 5) is 15.6. The van der Waals surface area contributed by atoms with Crippen molar-refractivity contribution in [1.29, 1.82) is 0 Å². The molecule has 5 N–H and O–H groups in total. The predicted molar refractivity (Wildman–Crippen MR) is 92.3 cm³/mol. The Balaban J connectivity index is 1.66. The molecule has 2 heterocycles. The zero-order valence-corrected chi connectivity index (χ0v) is 12.5. The van der Waals surface area contributed by atoms with Gasteiger partial charge in [0.05, 0.1) is 6.33 Å². The highest BCUT2D eigenvalue weighted by Crippen LogP contribution is 2.16. The zero-order valence-electron chi connectivity index (χ0n) is 12.5. The van der Waals surface area contributed by atoms with Crippen LogP contribution in [-0.2, 0) is 6.42 Å². The van der Waals surface area contributed by atoms with Gasteiger partial charge in [-0.05, 0) is 23.7 Å². The van der Waals surface area contributed by atoms with E-state index in [0.29, 0.717) is 29.5 Å². The van der Waals surface area contributed by atoms with E-state index in [1.165, 1.54) is 0 Å². The van der Waals surface area contributed by atoms with E-state index in [-0.39, 0.29) is 0 Å². The predicted octanol–water partition coefficient (Wildman–Crippen LogP) is 0.974. The normalized spacial score (nSPS) is 10.4. The molecule has 0 atom stereocenters. The number of nitrogens with zero attached hydrogens (tertiary/aromatic N) is 3. The van der Waals surface area contributed by atoms with Gasteiger partial charge in [0.15, 0.2) is 0 Å². The fraction of sp³-hybridized carbons (Fsp3) is 0.133. The molecule has 0 aliphatic rings. The lowest BCUT2D eigenvalue weighted by atomic mass is 9.99. The quantitative estimate of drug-likeness (QED) is 0.400. The molecule has 3 aromatic rings. The lowest BCUT2D eigenvalue weighted by Gasteiger charge is -2.11. The largest absolute Gasteiger partial charge is 0.399 e. The van der Waals surface area contributed by atoms with Gasteiger partial charge >= 0.3 is 0 Å². The number of nitrogens with two attached hydrogens (primary N) is 1. The van der Waals surface area contributed by atoms with Crippen molar-refractivity contribution < 1.29 is 0 Å². The number of benzene rings is 1. The first kappa shape index (κ1) is 14.9. The van der Waals surface area contributed by atoms with Crippen LogP contribution >= 0.6 is 0 Å². The Hall–Kier alpha value is -3.03. The Morgan fingerprint density at radius 1 is 1.26 bits per heavy atom. The van der Waals surface area contributed by atoms with Crippen LogP contribution in [0.15, 0.2) is 43.0 Å². The summed E-state index contributed by atoms with van der Waals surface area (Å²) < 4.78 is 0. The highest BCUT2D eigenvalue weighted by Gasteiger charge is 2.04. The monoisotopic (exact) mass is 305 g/mol. The molecule has 0 bridgehead atoms. The third-order valence-corrected chi connectivity index (χ3v) is 3.20. The number of imidazole rings is 1. The van der Waals surface area contributed by atoms with E-state index in [1.807, 2.05) is 24.3 Å². The summed E-state index contributed by atoms with van der Waals surface area (Å²) in [6.07, 6.45) is 5.81. The van der Waals surface area contributed by atoms with Gasteiger partial charge in [0.2, 0.25) is 5.95 Å². The van der Waals surface area contributed by atoms with Crippen molar-refractivity contribution in [3.05, 3.63) is 48.7 Å². The van der Waals surface area contributed by atoms with Crippen molar-refractivity contribution in [2.45, 2.75) is 6.42 Å². The van der Waals surface area contributed by atoms with Gasteiger partial charge in [-0.2, -0.15) is 4.98 Å². The van der Waals surface area contributed by atoms with E-state index >= 15 is 0 Å². The Morgan fingerprint density at radius 2 is 2.17 bits per heavy atom. The summed E-state index contributed by atoms with van der Waals surface area (Å²) in [6, 6.07) is 7.38. The standard InChI is InChI=1S/C15H16BN7/c16-13-8-20-15(22-11-3-1-2-10(17)6-11)23-14(13)19-5-4-12-7-18-9-21-12/h1-3,6-9H,4-5,17H2,(H,18,21)(H2,19,20,22,23). The van der Waals surface area contributed by atoms with Crippen molar-refractivity contribution in [2.24, 2.45) is 0 Å². The van der Waals surface area contributed by atoms with Gasteiger partial charge in [-0.3, -0.25) is 0 Å². The first-order chi connectivity index (χ1) is 11.2. The Morgan fingerprint density at radius 3 is 2.96 bits per heavy atom. The van der Waals surface area contributed by atoms with E-state index in [2.05, 4.69) is 30.6 Å². The van der Waals surface area contributed by atoms with Crippen LogP contribution in [0, 0.1) is 0 Å². The van der Waals surface area contributed by atoms with Crippen LogP contribution in [0.3, 0.4) is 0 Å². The molecular formula is C15H16BN7. The van der Waals surface area contributed by atoms with E-state index < -0.39 is 0 Å². The molecule has 23 heavy (non-hydrogen) atoms. The Labute approximate surface area is 135 Å². The summed E-state index contributed by atoms with van der Waals surface area (Å²) in [5.41, 5.74) is 8.78. The maximum absolute atomic E-state index is 5.91. The zero-order chi connectivity index (χ0) is 16.1. The van der Waals surface area contributed by atoms with Crippen molar-refractivity contribution in [3.63, 3.8) is 0 Å². The van der Waals surface area contributed by atoms with Crippen molar-refractivity contribution in [2.75, 3.05) is 22.9 Å². The molecule has 0 unspecified atom stereocenters. The van der Waals surface area contributed by atoms with Gasteiger partial charge < -0.3 is 21.4 Å². The van der Waals surface area contributed by atoms with E-state index in [0.717, 1.165) is 17.8 Å². The maximum Gasteiger partial charge on any atom is 0.229 e. The van der Waals surface area contributed by atoms with Crippen molar-refractivity contribution in [3.8, 4) is 0 Å². The van der Waals surface area contributed by atoms with Crippen LogP contribution in [0.1, 0.15) is 5.69 Å². The minimum atomic E-state index is 0.453. The van der Waals surface area contributed by atoms with Gasteiger partial charge in [-0.15, -0.1) is 0 Å². The molecular weight excluding hydrogens is 289 g/mol. The highest BCUT2D eigenvalue weighted by molar-refractivity contribution is 6.35. The summed E-state index contributed by atoms with van der Waals surface area (Å²) in [5, 5.41) is 6.30. The SMILES string of the molecule is [B]c1cnc(Nc2cccc(N)c2)nc1NCCc1cnc[nH]1. The van der Waals surface area contributed by atoms with Crippen LogP contribution in [0.5, 0.6) is 0 Å². The van der Waals surface area contributed by atoms with Crippen molar-refractivity contribution >= 4 is 36.5 Å². The Bertz CT molecular complexity index is 773. The molecule has 0 amide bonds. The average molecular weight is 305 g/mol. The van der Waals surface area contributed by atoms with E-state index in [1.54, 1.807) is 18.7 Å². The first-order valence-electron chi connectivity index (χ1n) is 7.17. The molecule has 3 rings (SSSR count). The highest BCUT2D eigenvalue weighted by atomic mass is 15.1. The summed E-state index contributed by atoms with van der Waals surface area (Å²) in [7, 11) is 5.91. The molecule has 1 aromatic carbocycles. The number of nitrogen functional groups attached to an aromatic ring is 1. The molecule has 114 valence electrons. The lowest BCUT2D eigenvalue weighted by Crippen LogP contribution is -2.18. The van der Waals surface area contributed by atoms with Gasteiger partial charge in [-0.25, -0.2) is 9.97 Å². The first-order valence-corrected chi connectivity index (χ1v) is 7.17. The maximum atomic E-state index is 5.91. The van der Waals surface area contributed by atoms with Crippen LogP contribution in [0.2, 0.25) is 0 Å². The molecule has 0 fully saturated rings. The van der Waals surface area contributed by atoms with Gasteiger partial charge in [0.1, 0.15) is 13.7 Å². The van der Waals surface area contributed by atoms with Gasteiger partial charge in [-0.1, -0.05) is 6.07 Å². The van der Waals surface area contributed by atoms with Crippen LogP contribution in [0.25, 0.3) is 0 Å². The van der Waals surface area contributed by atoms with Crippen molar-refractivity contribution in [1.82, 2.24) is 19.9 Å². The van der Waals surface area contributed by atoms with E-state index in [4.69, 9.17) is 13.6 Å². The average Bonchev–Trinajstić information content (AvgIpc) is 3.04. The number of aromatic amines is 1. The molecule has 7 nitrogen and oxygen atoms in total. The Kier molecular flexibility index (Phi) is 4.42. The third-order valence-electron chi connectivity index (χ3n) is 3.20. The molecule has 0 spiro atoms. The van der Waals surface area contributed by atoms with Gasteiger partial charge in [0.25, 0.3) is 0 Å². The third kappa shape index (κ3) is 4.00. The fourth-order valence-electron chi connectivity index (χ4n) is 2.08. The van der Waals surface area contributed by atoms with Gasteiger partial charge in [0, 0.05) is 42.4 Å². The van der Waals surface area contributed by atoms with Crippen LogP contribution < -0.4 is 21.8 Å². The number of anilines is 4. The molecule has 0 aliphatic carbocycles. The number of aromatic nitrogens is 4. The molecule has 0 aliphatic heterocycles. The van der Waals surface area contributed by atoms with Crippen LogP contribution in [0.4, 0.5) is 23.1 Å². The van der Waals surface area contributed by atoms with Crippen LogP contribution in [-0.4, -0.2) is 34.3 Å². The molecule has 8 heteroatoms. The summed E-state index contributed by atoms with van der Waals surface area (Å²) in [6.45, 7) is 0.682. The summed E-state index contributed by atoms with van der Waals surface area (Å²) >= 11 is 0. The number of hydrogen-bond acceptors (Lipinski definition) is 6. The molecule has 0 saturated carbocycles. The molecule has 2 radical (unpaired) electrons. The second-order valence-electron chi connectivity index (χ2n) is 5.00.